The molecule has 3 rings (SSSR count). The van der Waals surface area contributed by atoms with E-state index >= 15 is 0 Å². The van der Waals surface area contributed by atoms with Crippen LogP contribution >= 0.6 is 0 Å². The Balaban J connectivity index is 1.84. The topological polar surface area (TPSA) is 87.4 Å². The molecule has 110 valence electrons. The molecule has 0 aliphatic carbocycles. The molecule has 0 bridgehead atoms. The standard InChI is InChI=1S/C15H14BN3O3/c1-2-21-15-10(8-17)3-6-14(19-15)18-12-4-5-13-11(7-12)9-22-16(13)20/h3-7,20H,2,9H2,1H3,(H,18,19). The molecule has 22 heavy (non-hydrogen) atoms. The van der Waals surface area contributed by atoms with Crippen LogP contribution in [0.5, 0.6) is 5.88 Å². The number of nitrogens with one attached hydrogen (secondary N) is 1. The van der Waals surface area contributed by atoms with E-state index in [1.807, 2.05) is 25.1 Å². The second kappa shape index (κ2) is 6.06. The van der Waals surface area contributed by atoms with E-state index in [-0.39, 0.29) is 0 Å². The Labute approximate surface area is 128 Å². The van der Waals surface area contributed by atoms with E-state index in [9.17, 15) is 5.02 Å². The summed E-state index contributed by atoms with van der Waals surface area (Å²) in [7, 11) is -0.846. The van der Waals surface area contributed by atoms with Crippen LogP contribution in [0.4, 0.5) is 11.5 Å². The third-order valence-electron chi connectivity index (χ3n) is 3.34. The Morgan fingerprint density at radius 3 is 3.09 bits per heavy atom. The molecule has 0 spiro atoms. The van der Waals surface area contributed by atoms with Gasteiger partial charge in [0.1, 0.15) is 17.5 Å². The van der Waals surface area contributed by atoms with E-state index < -0.39 is 7.12 Å². The van der Waals surface area contributed by atoms with Gasteiger partial charge in [-0.1, -0.05) is 6.07 Å². The first-order chi connectivity index (χ1) is 10.7. The molecule has 1 aromatic carbocycles. The molecule has 0 unspecified atom stereocenters. The van der Waals surface area contributed by atoms with Gasteiger partial charge in [-0.25, -0.2) is 0 Å². The molecular weight excluding hydrogens is 281 g/mol. The molecule has 2 aromatic rings. The zero-order valence-corrected chi connectivity index (χ0v) is 12.0. The van der Waals surface area contributed by atoms with E-state index in [1.165, 1.54) is 0 Å². The van der Waals surface area contributed by atoms with Crippen LogP contribution in [-0.2, 0) is 11.3 Å². The summed E-state index contributed by atoms with van der Waals surface area (Å²) in [4.78, 5) is 4.30. The Kier molecular flexibility index (Phi) is 3.96. The van der Waals surface area contributed by atoms with Gasteiger partial charge in [0.2, 0.25) is 5.88 Å². The van der Waals surface area contributed by atoms with Crippen LogP contribution < -0.4 is 15.5 Å². The van der Waals surface area contributed by atoms with Crippen molar-refractivity contribution in [2.24, 2.45) is 0 Å². The van der Waals surface area contributed by atoms with Gasteiger partial charge in [-0.15, -0.1) is 0 Å². The number of anilines is 2. The van der Waals surface area contributed by atoms with Gasteiger partial charge in [0.15, 0.2) is 0 Å². The second-order valence-electron chi connectivity index (χ2n) is 4.80. The lowest BCUT2D eigenvalue weighted by Crippen LogP contribution is -2.27. The summed E-state index contributed by atoms with van der Waals surface area (Å²) < 4.78 is 10.5. The highest BCUT2D eigenvalue weighted by Crippen LogP contribution is 2.22. The first kappa shape index (κ1) is 14.4. The average molecular weight is 295 g/mol. The number of rotatable bonds is 4. The zero-order chi connectivity index (χ0) is 15.5. The van der Waals surface area contributed by atoms with E-state index in [1.54, 1.807) is 12.1 Å². The quantitative estimate of drug-likeness (QED) is 0.827. The summed E-state index contributed by atoms with van der Waals surface area (Å²) in [5, 5.41) is 21.8. The van der Waals surface area contributed by atoms with E-state index in [0.717, 1.165) is 16.7 Å². The summed E-state index contributed by atoms with van der Waals surface area (Å²) in [6, 6.07) is 11.0. The maximum Gasteiger partial charge on any atom is 0.491 e. The molecule has 7 heteroatoms. The SMILES string of the molecule is CCOc1nc(Nc2ccc3c(c2)COB3O)ccc1C#N. The largest absolute Gasteiger partial charge is 0.491 e. The molecule has 0 radical (unpaired) electrons. The highest BCUT2D eigenvalue weighted by molar-refractivity contribution is 6.61. The Hall–Kier alpha value is -2.56. The van der Waals surface area contributed by atoms with Crippen molar-refractivity contribution in [3.05, 3.63) is 41.5 Å². The summed E-state index contributed by atoms with van der Waals surface area (Å²) in [5.74, 6) is 0.900. The number of nitrogens with zero attached hydrogens (tertiary/aromatic N) is 2. The minimum absolute atomic E-state index is 0.315. The molecule has 0 atom stereocenters. The molecule has 0 fully saturated rings. The number of fused-ring (bicyclic) bond motifs is 1. The molecule has 1 aromatic heterocycles. The summed E-state index contributed by atoms with van der Waals surface area (Å²) in [5.41, 5.74) is 2.96. The lowest BCUT2D eigenvalue weighted by Gasteiger charge is -2.10. The van der Waals surface area contributed by atoms with Crippen LogP contribution in [0, 0.1) is 11.3 Å². The van der Waals surface area contributed by atoms with E-state index in [2.05, 4.69) is 16.4 Å². The van der Waals surface area contributed by atoms with Gasteiger partial charge in [0.25, 0.3) is 0 Å². The molecule has 0 saturated heterocycles. The Morgan fingerprint density at radius 2 is 2.32 bits per heavy atom. The zero-order valence-electron chi connectivity index (χ0n) is 12.0. The van der Waals surface area contributed by atoms with E-state index in [0.29, 0.717) is 30.5 Å². The summed E-state index contributed by atoms with van der Waals surface area (Å²) in [6.45, 7) is 2.67. The molecule has 0 saturated carbocycles. The van der Waals surface area contributed by atoms with Gasteiger partial charge in [-0.2, -0.15) is 10.2 Å². The summed E-state index contributed by atoms with van der Waals surface area (Å²) in [6.07, 6.45) is 0. The maximum atomic E-state index is 9.61. The number of aromatic nitrogens is 1. The van der Waals surface area contributed by atoms with Crippen LogP contribution in [0.1, 0.15) is 18.1 Å². The highest BCUT2D eigenvalue weighted by Gasteiger charge is 2.27. The van der Waals surface area contributed by atoms with Crippen molar-refractivity contribution in [2.75, 3.05) is 11.9 Å². The maximum absolute atomic E-state index is 9.61. The van der Waals surface area contributed by atoms with Gasteiger partial charge < -0.3 is 19.7 Å². The second-order valence-corrected chi connectivity index (χ2v) is 4.80. The fourth-order valence-electron chi connectivity index (χ4n) is 2.30. The molecule has 0 amide bonds. The van der Waals surface area contributed by atoms with Crippen molar-refractivity contribution < 1.29 is 14.4 Å². The predicted octanol–water partition coefficient (Wildman–Crippen LogP) is 1.31. The number of ether oxygens (including phenoxy) is 1. The Morgan fingerprint density at radius 1 is 1.45 bits per heavy atom. The number of benzene rings is 1. The van der Waals surface area contributed by atoms with Crippen molar-refractivity contribution in [1.29, 1.82) is 5.26 Å². The van der Waals surface area contributed by atoms with Crippen LogP contribution in [0.2, 0.25) is 0 Å². The Bertz CT molecular complexity index is 745. The van der Waals surface area contributed by atoms with Crippen LogP contribution in [0.15, 0.2) is 30.3 Å². The third kappa shape index (κ3) is 2.75. The number of pyridine rings is 1. The predicted molar refractivity (Wildman–Crippen MR) is 82.2 cm³/mol. The van der Waals surface area contributed by atoms with Crippen molar-refractivity contribution in [3.63, 3.8) is 0 Å². The van der Waals surface area contributed by atoms with Crippen LogP contribution in [-0.4, -0.2) is 23.7 Å². The molecular formula is C15H14BN3O3. The lowest BCUT2D eigenvalue weighted by atomic mass is 9.79. The first-order valence-corrected chi connectivity index (χ1v) is 6.94. The minimum atomic E-state index is -0.846. The third-order valence-corrected chi connectivity index (χ3v) is 3.34. The number of hydrogen-bond acceptors (Lipinski definition) is 6. The fourth-order valence-corrected chi connectivity index (χ4v) is 2.30. The normalized spacial score (nSPS) is 12.7. The molecule has 2 heterocycles. The first-order valence-electron chi connectivity index (χ1n) is 6.94. The van der Waals surface area contributed by atoms with Gasteiger partial charge >= 0.3 is 7.12 Å². The fraction of sp³-hybridized carbons (Fsp3) is 0.200. The van der Waals surface area contributed by atoms with Gasteiger partial charge in [0.05, 0.1) is 13.2 Å². The van der Waals surface area contributed by atoms with Crippen molar-refractivity contribution >= 4 is 24.1 Å². The van der Waals surface area contributed by atoms with Crippen LogP contribution in [0.25, 0.3) is 0 Å². The van der Waals surface area contributed by atoms with Crippen molar-refractivity contribution in [2.45, 2.75) is 13.5 Å². The molecule has 1 aliphatic heterocycles. The monoisotopic (exact) mass is 295 g/mol. The number of nitriles is 1. The lowest BCUT2D eigenvalue weighted by molar-refractivity contribution is 0.275. The van der Waals surface area contributed by atoms with Crippen molar-refractivity contribution in [1.82, 2.24) is 4.98 Å². The highest BCUT2D eigenvalue weighted by atomic mass is 16.5. The van der Waals surface area contributed by atoms with Gasteiger partial charge in [-0.05, 0) is 42.2 Å². The summed E-state index contributed by atoms with van der Waals surface area (Å²) >= 11 is 0. The average Bonchev–Trinajstić information content (AvgIpc) is 2.89. The molecule has 6 nitrogen and oxygen atoms in total. The van der Waals surface area contributed by atoms with Gasteiger partial charge in [-0.3, -0.25) is 0 Å². The molecule has 2 N–H and O–H groups in total. The van der Waals surface area contributed by atoms with Crippen molar-refractivity contribution in [3.8, 4) is 11.9 Å². The minimum Gasteiger partial charge on any atom is -0.477 e. The molecule has 1 aliphatic rings. The van der Waals surface area contributed by atoms with E-state index in [4.69, 9.17) is 14.7 Å². The smallest absolute Gasteiger partial charge is 0.477 e. The van der Waals surface area contributed by atoms with Gasteiger partial charge in [0, 0.05) is 5.69 Å². The van der Waals surface area contributed by atoms with Crippen LogP contribution in [0.3, 0.4) is 0 Å². The number of hydrogen-bond donors (Lipinski definition) is 2.